The van der Waals surface area contributed by atoms with Crippen LogP contribution in [0, 0.1) is 18.6 Å². The van der Waals surface area contributed by atoms with Gasteiger partial charge < -0.3 is 5.32 Å². The van der Waals surface area contributed by atoms with E-state index in [1.54, 1.807) is 19.1 Å². The molecule has 2 rings (SSSR count). The van der Waals surface area contributed by atoms with E-state index in [4.69, 9.17) is 0 Å². The average Bonchev–Trinajstić information content (AvgIpc) is 2.39. The molecule has 0 bridgehead atoms. The summed E-state index contributed by atoms with van der Waals surface area (Å²) in [6.45, 7) is 1.74. The molecule has 1 atom stereocenters. The molecule has 0 aromatic heterocycles. The Labute approximate surface area is 112 Å². The fourth-order valence-corrected chi connectivity index (χ4v) is 2.17. The van der Waals surface area contributed by atoms with E-state index in [9.17, 15) is 8.78 Å². The van der Waals surface area contributed by atoms with Crippen molar-refractivity contribution in [1.29, 1.82) is 0 Å². The molecule has 0 aliphatic heterocycles. The highest BCUT2D eigenvalue weighted by molar-refractivity contribution is 5.28. The Morgan fingerprint density at radius 1 is 1.11 bits per heavy atom. The summed E-state index contributed by atoms with van der Waals surface area (Å²) in [5.41, 5.74) is 2.55. The van der Waals surface area contributed by atoms with Crippen LogP contribution >= 0.6 is 0 Å². The van der Waals surface area contributed by atoms with Gasteiger partial charge in [0.15, 0.2) is 0 Å². The van der Waals surface area contributed by atoms with Gasteiger partial charge in [-0.2, -0.15) is 0 Å². The van der Waals surface area contributed by atoms with Gasteiger partial charge >= 0.3 is 0 Å². The van der Waals surface area contributed by atoms with Crippen molar-refractivity contribution >= 4 is 0 Å². The molecule has 0 fully saturated rings. The first-order chi connectivity index (χ1) is 9.10. The molecule has 0 saturated heterocycles. The number of nitrogens with one attached hydrogen (secondary N) is 1. The summed E-state index contributed by atoms with van der Waals surface area (Å²) in [6, 6.07) is 11.7. The van der Waals surface area contributed by atoms with E-state index in [0.717, 1.165) is 11.1 Å². The quantitative estimate of drug-likeness (QED) is 0.883. The van der Waals surface area contributed by atoms with E-state index in [0.29, 0.717) is 12.0 Å². The summed E-state index contributed by atoms with van der Waals surface area (Å²) in [5, 5.41) is 3.19. The number of hydrogen-bond acceptors (Lipinski definition) is 1. The van der Waals surface area contributed by atoms with Crippen molar-refractivity contribution in [1.82, 2.24) is 5.32 Å². The molecule has 1 nitrogen and oxygen atoms in total. The molecule has 0 aliphatic carbocycles. The number of hydrogen-bond donors (Lipinski definition) is 1. The molecular formula is C16H17F2N. The fraction of sp³-hybridized carbons (Fsp3) is 0.250. The fourth-order valence-electron chi connectivity index (χ4n) is 2.17. The van der Waals surface area contributed by atoms with Gasteiger partial charge in [-0.3, -0.25) is 0 Å². The molecule has 19 heavy (non-hydrogen) atoms. The Hall–Kier alpha value is -1.74. The van der Waals surface area contributed by atoms with Crippen LogP contribution in [0.15, 0.2) is 42.5 Å². The zero-order valence-corrected chi connectivity index (χ0v) is 11.1. The summed E-state index contributed by atoms with van der Waals surface area (Å²) < 4.78 is 26.4. The van der Waals surface area contributed by atoms with Crippen molar-refractivity contribution in [2.45, 2.75) is 19.4 Å². The summed E-state index contributed by atoms with van der Waals surface area (Å²) in [6.07, 6.45) is 0.666. The summed E-state index contributed by atoms with van der Waals surface area (Å²) in [5.74, 6) is -0.438. The second-order valence-electron chi connectivity index (χ2n) is 4.68. The molecule has 3 heteroatoms. The van der Waals surface area contributed by atoms with Gasteiger partial charge in [-0.1, -0.05) is 24.3 Å². The second kappa shape index (κ2) is 5.93. The summed E-state index contributed by atoms with van der Waals surface area (Å²) >= 11 is 0. The second-order valence-corrected chi connectivity index (χ2v) is 4.68. The summed E-state index contributed by atoms with van der Waals surface area (Å²) in [7, 11) is 1.85. The predicted molar refractivity (Wildman–Crippen MR) is 73.0 cm³/mol. The third-order valence-electron chi connectivity index (χ3n) is 3.26. The van der Waals surface area contributed by atoms with Crippen molar-refractivity contribution in [3.63, 3.8) is 0 Å². The van der Waals surface area contributed by atoms with Gasteiger partial charge in [0.2, 0.25) is 0 Å². The number of rotatable bonds is 4. The van der Waals surface area contributed by atoms with Crippen LogP contribution in [-0.4, -0.2) is 7.05 Å². The van der Waals surface area contributed by atoms with Gasteiger partial charge in [-0.15, -0.1) is 0 Å². The third kappa shape index (κ3) is 3.38. The van der Waals surface area contributed by atoms with Crippen LogP contribution in [0.2, 0.25) is 0 Å². The lowest BCUT2D eigenvalue weighted by molar-refractivity contribution is 0.577. The van der Waals surface area contributed by atoms with E-state index >= 15 is 0 Å². The normalized spacial score (nSPS) is 12.4. The Bertz CT molecular complexity index is 566. The van der Waals surface area contributed by atoms with Crippen molar-refractivity contribution in [3.05, 3.63) is 70.8 Å². The van der Waals surface area contributed by atoms with E-state index in [-0.39, 0.29) is 17.7 Å². The Balaban J connectivity index is 2.22. The zero-order valence-electron chi connectivity index (χ0n) is 11.1. The standard InChI is InChI=1S/C16H17F2N/c1-11-8-13(6-7-15(11)18)16(19-2)10-12-4-3-5-14(17)9-12/h3-9,16,19H,10H2,1-2H3. The predicted octanol–water partition coefficient (Wildman–Crippen LogP) is 3.78. The van der Waals surface area contributed by atoms with Crippen LogP contribution in [0.25, 0.3) is 0 Å². The lowest BCUT2D eigenvalue weighted by Crippen LogP contribution is -2.19. The Morgan fingerprint density at radius 3 is 2.53 bits per heavy atom. The van der Waals surface area contributed by atoms with E-state index in [1.807, 2.05) is 19.2 Å². The third-order valence-corrected chi connectivity index (χ3v) is 3.26. The molecule has 0 radical (unpaired) electrons. The van der Waals surface area contributed by atoms with Crippen LogP contribution in [-0.2, 0) is 6.42 Å². The van der Waals surface area contributed by atoms with Crippen LogP contribution in [0.5, 0.6) is 0 Å². The molecule has 0 aliphatic rings. The van der Waals surface area contributed by atoms with E-state index in [1.165, 1.54) is 18.2 Å². The molecule has 1 unspecified atom stereocenters. The maximum Gasteiger partial charge on any atom is 0.126 e. The van der Waals surface area contributed by atoms with Gasteiger partial charge in [0.25, 0.3) is 0 Å². The van der Waals surface area contributed by atoms with Crippen LogP contribution in [0.1, 0.15) is 22.7 Å². The molecule has 0 amide bonds. The van der Waals surface area contributed by atoms with Crippen molar-refractivity contribution < 1.29 is 8.78 Å². The van der Waals surface area contributed by atoms with Crippen molar-refractivity contribution in [3.8, 4) is 0 Å². The number of likely N-dealkylation sites (N-methyl/N-ethyl adjacent to an activating group) is 1. The Kier molecular flexibility index (Phi) is 4.27. The van der Waals surface area contributed by atoms with Gasteiger partial charge in [-0.05, 0) is 55.3 Å². The van der Waals surface area contributed by atoms with Gasteiger partial charge in [0.05, 0.1) is 0 Å². The Morgan fingerprint density at radius 2 is 1.89 bits per heavy atom. The van der Waals surface area contributed by atoms with Gasteiger partial charge in [0.1, 0.15) is 11.6 Å². The van der Waals surface area contributed by atoms with Crippen molar-refractivity contribution in [2.24, 2.45) is 0 Å². The van der Waals surface area contributed by atoms with E-state index < -0.39 is 0 Å². The van der Waals surface area contributed by atoms with Crippen LogP contribution in [0.4, 0.5) is 8.78 Å². The van der Waals surface area contributed by atoms with Crippen molar-refractivity contribution in [2.75, 3.05) is 7.05 Å². The molecule has 0 spiro atoms. The topological polar surface area (TPSA) is 12.0 Å². The largest absolute Gasteiger partial charge is 0.313 e. The van der Waals surface area contributed by atoms with Crippen LogP contribution < -0.4 is 5.32 Å². The molecule has 100 valence electrons. The highest BCUT2D eigenvalue weighted by atomic mass is 19.1. The highest BCUT2D eigenvalue weighted by Crippen LogP contribution is 2.21. The first kappa shape index (κ1) is 13.7. The van der Waals surface area contributed by atoms with Gasteiger partial charge in [0, 0.05) is 6.04 Å². The molecule has 1 N–H and O–H groups in total. The molecule has 2 aromatic rings. The average molecular weight is 261 g/mol. The first-order valence-corrected chi connectivity index (χ1v) is 6.28. The molecular weight excluding hydrogens is 244 g/mol. The molecule has 2 aromatic carbocycles. The van der Waals surface area contributed by atoms with Gasteiger partial charge in [-0.25, -0.2) is 8.78 Å². The molecule has 0 heterocycles. The van der Waals surface area contributed by atoms with Crippen LogP contribution in [0.3, 0.4) is 0 Å². The minimum Gasteiger partial charge on any atom is -0.313 e. The minimum atomic E-state index is -0.234. The molecule has 0 saturated carbocycles. The lowest BCUT2D eigenvalue weighted by atomic mass is 9.97. The highest BCUT2D eigenvalue weighted by Gasteiger charge is 2.11. The monoisotopic (exact) mass is 261 g/mol. The maximum absolute atomic E-state index is 13.3. The van der Waals surface area contributed by atoms with E-state index in [2.05, 4.69) is 5.32 Å². The number of benzene rings is 2. The summed E-state index contributed by atoms with van der Waals surface area (Å²) in [4.78, 5) is 0. The lowest BCUT2D eigenvalue weighted by Gasteiger charge is -2.17. The maximum atomic E-state index is 13.3. The smallest absolute Gasteiger partial charge is 0.126 e. The minimum absolute atomic E-state index is 0.0427. The SMILES string of the molecule is CNC(Cc1cccc(F)c1)c1ccc(F)c(C)c1. The first-order valence-electron chi connectivity index (χ1n) is 6.28. The number of aryl methyl sites for hydroxylation is 1. The zero-order chi connectivity index (χ0) is 13.8. The number of halogens is 2.